The van der Waals surface area contributed by atoms with Gasteiger partial charge in [-0.2, -0.15) is 0 Å². The molecule has 0 unspecified atom stereocenters. The molecule has 1 fully saturated rings. The summed E-state index contributed by atoms with van der Waals surface area (Å²) < 4.78 is 25.3. The van der Waals surface area contributed by atoms with Gasteiger partial charge in [0, 0.05) is 17.4 Å². The van der Waals surface area contributed by atoms with Crippen LogP contribution < -0.4 is 4.52 Å². The number of nitro benzene ring substituents is 1. The van der Waals surface area contributed by atoms with Crippen LogP contribution in [0.3, 0.4) is 0 Å². The third-order valence-corrected chi connectivity index (χ3v) is 8.49. The molecule has 0 bridgehead atoms. The monoisotopic (exact) mass is 427 g/mol. The van der Waals surface area contributed by atoms with Gasteiger partial charge in [-0.3, -0.25) is 14.6 Å². The summed E-state index contributed by atoms with van der Waals surface area (Å²) in [4.78, 5) is 10.4. The molecule has 4 rings (SSSR count). The Hall–Kier alpha value is -2.60. The zero-order valence-electron chi connectivity index (χ0n) is 15.3. The summed E-state index contributed by atoms with van der Waals surface area (Å²) in [7, 11) is 0. The van der Waals surface area contributed by atoms with Gasteiger partial charge < -0.3 is 4.52 Å². The highest BCUT2D eigenvalue weighted by atomic mass is 32.7. The van der Waals surface area contributed by atoms with Crippen LogP contribution in [-0.4, -0.2) is 4.92 Å². The molecule has 0 aromatic heterocycles. The largest absolute Gasteiger partial charge is 0.441 e. The van der Waals surface area contributed by atoms with Crippen molar-refractivity contribution >= 4 is 23.9 Å². The summed E-state index contributed by atoms with van der Waals surface area (Å²) >= 11 is 1.17. The first kappa shape index (κ1) is 19.7. The lowest BCUT2D eigenvalue weighted by atomic mass is 10.0. The number of benzene rings is 3. The van der Waals surface area contributed by atoms with Gasteiger partial charge in [0.05, 0.1) is 11.0 Å². The minimum Gasteiger partial charge on any atom is -0.417 e. The lowest BCUT2D eigenvalue weighted by Gasteiger charge is -2.34. The molecule has 0 spiro atoms. The van der Waals surface area contributed by atoms with Crippen LogP contribution in [0.4, 0.5) is 5.69 Å². The van der Waals surface area contributed by atoms with Crippen molar-refractivity contribution in [2.45, 2.75) is 17.8 Å². The molecule has 0 N–H and O–H groups in total. The normalized spacial score (nSPS) is 24.0. The second-order valence-electron chi connectivity index (χ2n) is 6.53. The number of non-ortho nitro benzene ring substituents is 1. The molecule has 1 heterocycles. The highest BCUT2D eigenvalue weighted by molar-refractivity contribution is 8.55. The number of hydrogen-bond acceptors (Lipinski definition) is 6. The minimum absolute atomic E-state index is 0.0582. The summed E-state index contributed by atoms with van der Waals surface area (Å²) in [6.45, 7) is -3.57. The maximum absolute atomic E-state index is 13.6. The molecule has 6 nitrogen and oxygen atoms in total. The second-order valence-corrected chi connectivity index (χ2v) is 10.6. The Bertz CT molecular complexity index is 978. The molecular weight excluding hydrogens is 409 g/mol. The zero-order chi connectivity index (χ0) is 20.3. The molecule has 3 aromatic rings. The van der Waals surface area contributed by atoms with E-state index in [1.54, 1.807) is 0 Å². The summed E-state index contributed by atoms with van der Waals surface area (Å²) in [5.41, 5.74) is 1.92. The molecule has 1 aliphatic rings. The topological polar surface area (TPSA) is 78.7 Å². The highest BCUT2D eigenvalue weighted by Crippen LogP contribution is 2.72. The highest BCUT2D eigenvalue weighted by Gasteiger charge is 2.42. The van der Waals surface area contributed by atoms with Crippen molar-refractivity contribution in [1.29, 1.82) is 0 Å². The molecule has 0 saturated carbocycles. The van der Waals surface area contributed by atoms with Crippen LogP contribution in [0.5, 0.6) is 5.75 Å². The molecule has 0 amide bonds. The first-order valence-electron chi connectivity index (χ1n) is 9.03. The van der Waals surface area contributed by atoms with Crippen molar-refractivity contribution in [1.82, 2.24) is 0 Å². The Morgan fingerprint density at radius 3 is 2.10 bits per heavy atom. The van der Waals surface area contributed by atoms with Crippen LogP contribution in [-0.2, 0) is 9.09 Å². The molecule has 3 aromatic carbocycles. The fourth-order valence-electron chi connectivity index (χ4n) is 3.15. The van der Waals surface area contributed by atoms with Gasteiger partial charge in [0.2, 0.25) is 0 Å². The summed E-state index contributed by atoms with van der Waals surface area (Å²) in [5.74, 6) is 0.270. The van der Waals surface area contributed by atoms with Crippen molar-refractivity contribution in [2.75, 3.05) is 0 Å². The van der Waals surface area contributed by atoms with E-state index in [4.69, 9.17) is 9.05 Å². The number of rotatable bonds is 5. The second kappa shape index (κ2) is 8.41. The SMILES string of the molecule is O=[N+]([O-])c1ccc(O[P@]2(=O)O[C@@H](c3ccccc3)C[C@@H](c3ccccc3)S2)cc1. The maximum Gasteiger partial charge on any atom is 0.441 e. The van der Waals surface area contributed by atoms with E-state index in [9.17, 15) is 14.7 Å². The minimum atomic E-state index is -3.57. The third-order valence-electron chi connectivity index (χ3n) is 4.55. The molecule has 0 aliphatic carbocycles. The fourth-order valence-corrected chi connectivity index (χ4v) is 7.44. The van der Waals surface area contributed by atoms with Crippen LogP contribution in [0.2, 0.25) is 0 Å². The van der Waals surface area contributed by atoms with E-state index < -0.39 is 11.7 Å². The van der Waals surface area contributed by atoms with E-state index in [0.29, 0.717) is 6.42 Å². The van der Waals surface area contributed by atoms with Crippen LogP contribution in [0.15, 0.2) is 84.9 Å². The van der Waals surface area contributed by atoms with Crippen molar-refractivity contribution in [3.63, 3.8) is 0 Å². The number of nitro groups is 1. The van der Waals surface area contributed by atoms with Gasteiger partial charge in [-0.25, -0.2) is 4.57 Å². The van der Waals surface area contributed by atoms with Crippen LogP contribution in [0.25, 0.3) is 0 Å². The van der Waals surface area contributed by atoms with Gasteiger partial charge in [-0.15, -0.1) is 0 Å². The van der Waals surface area contributed by atoms with E-state index in [0.717, 1.165) is 11.1 Å². The van der Waals surface area contributed by atoms with E-state index in [2.05, 4.69) is 0 Å². The Labute approximate surface area is 172 Å². The predicted molar refractivity (Wildman–Crippen MR) is 113 cm³/mol. The standard InChI is InChI=1S/C21H18NO5PS/c23-22(24)18-11-13-19(14-12-18)26-28(25)27-20(16-7-3-1-4-8-16)15-21(29-28)17-9-5-2-6-10-17/h1-14,20-21H,15H2/t20-,21+,28-/m1/s1. The molecule has 1 saturated heterocycles. The molecule has 0 radical (unpaired) electrons. The van der Waals surface area contributed by atoms with Crippen molar-refractivity contribution < 1.29 is 18.5 Å². The van der Waals surface area contributed by atoms with Gasteiger partial charge in [-0.05, 0) is 41.1 Å². The van der Waals surface area contributed by atoms with Crippen LogP contribution in [0.1, 0.15) is 28.9 Å². The summed E-state index contributed by atoms with van der Waals surface area (Å²) in [5, 5.41) is 10.8. The smallest absolute Gasteiger partial charge is 0.417 e. The Morgan fingerprint density at radius 2 is 1.52 bits per heavy atom. The third kappa shape index (κ3) is 4.70. The quantitative estimate of drug-likeness (QED) is 0.256. The fraction of sp³-hybridized carbons (Fsp3) is 0.143. The first-order valence-corrected chi connectivity index (χ1v) is 12.1. The molecule has 148 valence electrons. The van der Waals surface area contributed by atoms with Gasteiger partial charge in [0.1, 0.15) is 5.75 Å². The van der Waals surface area contributed by atoms with E-state index in [1.807, 2.05) is 60.7 Å². The van der Waals surface area contributed by atoms with Gasteiger partial charge in [0.15, 0.2) is 0 Å². The van der Waals surface area contributed by atoms with Crippen LogP contribution in [0, 0.1) is 10.1 Å². The lowest BCUT2D eigenvalue weighted by molar-refractivity contribution is -0.384. The van der Waals surface area contributed by atoms with E-state index in [-0.39, 0.29) is 22.8 Å². The van der Waals surface area contributed by atoms with Gasteiger partial charge in [0.25, 0.3) is 5.69 Å². The van der Waals surface area contributed by atoms with Gasteiger partial charge in [-0.1, -0.05) is 60.7 Å². The summed E-state index contributed by atoms with van der Waals surface area (Å²) in [6, 6.07) is 25.0. The average molecular weight is 427 g/mol. The molecular formula is C21H18NO5PS. The van der Waals surface area contributed by atoms with Crippen molar-refractivity contribution in [2.24, 2.45) is 0 Å². The molecule has 8 heteroatoms. The van der Waals surface area contributed by atoms with E-state index in [1.165, 1.54) is 35.6 Å². The maximum atomic E-state index is 13.6. The molecule has 29 heavy (non-hydrogen) atoms. The number of hydrogen-bond donors (Lipinski definition) is 0. The van der Waals surface area contributed by atoms with Crippen molar-refractivity contribution in [3.8, 4) is 5.75 Å². The lowest BCUT2D eigenvalue weighted by Crippen LogP contribution is -2.14. The van der Waals surface area contributed by atoms with Crippen LogP contribution >= 0.6 is 18.2 Å². The Kier molecular flexibility index (Phi) is 5.72. The zero-order valence-corrected chi connectivity index (χ0v) is 17.0. The average Bonchev–Trinajstić information content (AvgIpc) is 2.75. The summed E-state index contributed by atoms with van der Waals surface area (Å²) in [6.07, 6.45) is 0.276. The van der Waals surface area contributed by atoms with Crippen molar-refractivity contribution in [3.05, 3.63) is 106 Å². The first-order chi connectivity index (χ1) is 14.0. The van der Waals surface area contributed by atoms with Gasteiger partial charge >= 0.3 is 6.80 Å². The number of nitrogens with zero attached hydrogens (tertiary/aromatic N) is 1. The van der Waals surface area contributed by atoms with E-state index >= 15 is 0 Å². The molecule has 1 aliphatic heterocycles. The Balaban J connectivity index is 1.63. The molecule has 3 atom stereocenters. The Morgan fingerprint density at radius 1 is 0.931 bits per heavy atom. The predicted octanol–water partition coefficient (Wildman–Crippen LogP) is 6.72.